The fourth-order valence-electron chi connectivity index (χ4n) is 2.97. The quantitative estimate of drug-likeness (QED) is 0.643. The summed E-state index contributed by atoms with van der Waals surface area (Å²) in [5.41, 5.74) is 2.30. The van der Waals surface area contributed by atoms with Crippen LogP contribution in [0.3, 0.4) is 0 Å². The third kappa shape index (κ3) is 2.18. The van der Waals surface area contributed by atoms with Crippen molar-refractivity contribution in [3.63, 3.8) is 0 Å². The van der Waals surface area contributed by atoms with Gasteiger partial charge in [-0.3, -0.25) is 0 Å². The van der Waals surface area contributed by atoms with Gasteiger partial charge in [0.05, 0.1) is 6.10 Å². The van der Waals surface area contributed by atoms with Crippen LogP contribution in [0.2, 0.25) is 0 Å². The molecule has 1 aliphatic carbocycles. The second-order valence-electron chi connectivity index (χ2n) is 5.28. The summed E-state index contributed by atoms with van der Waals surface area (Å²) in [6.45, 7) is 0. The van der Waals surface area contributed by atoms with Crippen LogP contribution in [-0.2, 0) is 6.42 Å². The first-order valence-corrected chi connectivity index (χ1v) is 6.56. The molecular formula is C16H16O4. The van der Waals surface area contributed by atoms with E-state index in [1.807, 2.05) is 12.1 Å². The maximum atomic E-state index is 10.2. The first kappa shape index (κ1) is 12.8. The molecule has 0 fully saturated rings. The van der Waals surface area contributed by atoms with Crippen LogP contribution in [0.4, 0.5) is 0 Å². The van der Waals surface area contributed by atoms with Gasteiger partial charge in [-0.2, -0.15) is 0 Å². The molecule has 2 unspecified atom stereocenters. The normalized spacial score (nSPS) is 21.4. The molecule has 0 saturated carbocycles. The fourth-order valence-corrected chi connectivity index (χ4v) is 2.97. The van der Waals surface area contributed by atoms with Crippen molar-refractivity contribution in [3.05, 3.63) is 53.1 Å². The predicted octanol–water partition coefficient (Wildman–Crippen LogP) is 2.57. The number of fused-ring (bicyclic) bond motifs is 1. The van der Waals surface area contributed by atoms with Crippen molar-refractivity contribution in [1.29, 1.82) is 0 Å². The Balaban J connectivity index is 1.98. The molecule has 104 valence electrons. The second kappa shape index (κ2) is 4.72. The van der Waals surface area contributed by atoms with Crippen LogP contribution in [0.1, 0.15) is 35.1 Å². The van der Waals surface area contributed by atoms with E-state index in [0.29, 0.717) is 18.4 Å². The Kier molecular flexibility index (Phi) is 3.03. The minimum Gasteiger partial charge on any atom is -0.508 e. The zero-order valence-electron chi connectivity index (χ0n) is 10.8. The molecule has 4 nitrogen and oxygen atoms in total. The summed E-state index contributed by atoms with van der Waals surface area (Å²) in [5.74, 6) is 0.247. The number of phenols is 3. The lowest BCUT2D eigenvalue weighted by Gasteiger charge is -2.29. The number of hydrogen-bond acceptors (Lipinski definition) is 4. The highest BCUT2D eigenvalue weighted by Gasteiger charge is 2.29. The molecule has 0 bridgehead atoms. The Morgan fingerprint density at radius 1 is 0.900 bits per heavy atom. The van der Waals surface area contributed by atoms with E-state index >= 15 is 0 Å². The molecule has 2 aromatic carbocycles. The van der Waals surface area contributed by atoms with Gasteiger partial charge in [-0.25, -0.2) is 0 Å². The van der Waals surface area contributed by atoms with E-state index in [-0.39, 0.29) is 23.2 Å². The van der Waals surface area contributed by atoms with Crippen molar-refractivity contribution in [2.45, 2.75) is 24.9 Å². The molecule has 1 aliphatic rings. The van der Waals surface area contributed by atoms with Gasteiger partial charge >= 0.3 is 0 Å². The third-order valence-corrected chi connectivity index (χ3v) is 3.90. The monoisotopic (exact) mass is 272 g/mol. The Morgan fingerprint density at radius 3 is 2.30 bits per heavy atom. The molecule has 2 atom stereocenters. The van der Waals surface area contributed by atoms with Crippen molar-refractivity contribution in [2.75, 3.05) is 0 Å². The molecule has 0 amide bonds. The summed E-state index contributed by atoms with van der Waals surface area (Å²) in [4.78, 5) is 0. The van der Waals surface area contributed by atoms with Gasteiger partial charge in [0.25, 0.3) is 0 Å². The smallest absolute Gasteiger partial charge is 0.125 e. The van der Waals surface area contributed by atoms with E-state index in [4.69, 9.17) is 0 Å². The molecule has 3 rings (SSSR count). The van der Waals surface area contributed by atoms with Crippen molar-refractivity contribution in [2.24, 2.45) is 0 Å². The topological polar surface area (TPSA) is 80.9 Å². The van der Waals surface area contributed by atoms with Gasteiger partial charge in [0.15, 0.2) is 0 Å². The zero-order chi connectivity index (χ0) is 14.3. The Morgan fingerprint density at radius 2 is 1.60 bits per heavy atom. The largest absolute Gasteiger partial charge is 0.508 e. The molecule has 0 radical (unpaired) electrons. The van der Waals surface area contributed by atoms with E-state index in [1.54, 1.807) is 18.2 Å². The summed E-state index contributed by atoms with van der Waals surface area (Å²) >= 11 is 0. The lowest BCUT2D eigenvalue weighted by Crippen LogP contribution is -2.17. The van der Waals surface area contributed by atoms with E-state index in [1.165, 1.54) is 6.07 Å². The maximum absolute atomic E-state index is 10.2. The molecule has 0 heterocycles. The zero-order valence-corrected chi connectivity index (χ0v) is 10.8. The highest BCUT2D eigenvalue weighted by atomic mass is 16.3. The van der Waals surface area contributed by atoms with Gasteiger partial charge in [0.2, 0.25) is 0 Å². The van der Waals surface area contributed by atoms with E-state index < -0.39 is 6.10 Å². The molecular weight excluding hydrogens is 256 g/mol. The van der Waals surface area contributed by atoms with Crippen LogP contribution in [-0.4, -0.2) is 20.4 Å². The lowest BCUT2D eigenvalue weighted by molar-refractivity contribution is 0.144. The fraction of sp³-hybridized carbons (Fsp3) is 0.250. The first-order valence-electron chi connectivity index (χ1n) is 6.56. The van der Waals surface area contributed by atoms with Crippen LogP contribution < -0.4 is 0 Å². The van der Waals surface area contributed by atoms with Crippen molar-refractivity contribution >= 4 is 0 Å². The number of hydrogen-bond donors (Lipinski definition) is 4. The number of rotatable bonds is 1. The molecule has 0 aliphatic heterocycles. The summed E-state index contributed by atoms with van der Waals surface area (Å²) < 4.78 is 0. The van der Waals surface area contributed by atoms with E-state index in [0.717, 1.165) is 11.1 Å². The minimum atomic E-state index is -0.752. The average Bonchev–Trinajstić information content (AvgIpc) is 2.38. The summed E-state index contributed by atoms with van der Waals surface area (Å²) in [6.07, 6.45) is 0.396. The molecule has 0 saturated heterocycles. The molecule has 0 aromatic heterocycles. The molecule has 4 N–H and O–H groups in total. The van der Waals surface area contributed by atoms with Gasteiger partial charge < -0.3 is 20.4 Å². The molecule has 0 spiro atoms. The lowest BCUT2D eigenvalue weighted by atomic mass is 9.78. The van der Waals surface area contributed by atoms with E-state index in [9.17, 15) is 20.4 Å². The molecule has 2 aromatic rings. The van der Waals surface area contributed by atoms with Crippen LogP contribution in [0.15, 0.2) is 36.4 Å². The predicted molar refractivity (Wildman–Crippen MR) is 73.9 cm³/mol. The van der Waals surface area contributed by atoms with Crippen LogP contribution in [0, 0.1) is 0 Å². The minimum absolute atomic E-state index is 0.000180. The number of aliphatic hydroxyl groups is 1. The summed E-state index contributed by atoms with van der Waals surface area (Å²) in [6, 6.07) is 9.75. The number of aliphatic hydroxyl groups excluding tert-OH is 1. The van der Waals surface area contributed by atoms with Gasteiger partial charge in [-0.1, -0.05) is 12.1 Å². The van der Waals surface area contributed by atoms with Crippen molar-refractivity contribution in [1.82, 2.24) is 0 Å². The highest BCUT2D eigenvalue weighted by Crippen LogP contribution is 2.43. The van der Waals surface area contributed by atoms with Gasteiger partial charge in [0.1, 0.15) is 17.2 Å². The Hall–Kier alpha value is -2.20. The maximum Gasteiger partial charge on any atom is 0.125 e. The summed E-state index contributed by atoms with van der Waals surface area (Å²) in [5, 5.41) is 39.0. The molecule has 4 heteroatoms. The Bertz CT molecular complexity index is 634. The average molecular weight is 272 g/mol. The Labute approximate surface area is 116 Å². The van der Waals surface area contributed by atoms with Gasteiger partial charge in [-0.05, 0) is 48.1 Å². The van der Waals surface area contributed by atoms with Crippen LogP contribution >= 0.6 is 0 Å². The SMILES string of the molecule is Oc1ccc(C2Cc3cc(O)cc(O)c3C(O)C2)cc1. The highest BCUT2D eigenvalue weighted by molar-refractivity contribution is 5.49. The van der Waals surface area contributed by atoms with Gasteiger partial charge in [0, 0.05) is 11.6 Å². The van der Waals surface area contributed by atoms with Crippen LogP contribution in [0.5, 0.6) is 17.2 Å². The van der Waals surface area contributed by atoms with Crippen molar-refractivity contribution in [3.8, 4) is 17.2 Å². The number of aromatic hydroxyl groups is 3. The first-order chi connectivity index (χ1) is 9.54. The van der Waals surface area contributed by atoms with Crippen molar-refractivity contribution < 1.29 is 20.4 Å². The van der Waals surface area contributed by atoms with E-state index in [2.05, 4.69) is 0 Å². The standard InChI is InChI=1S/C16H16O4/c17-12-3-1-9(2-4-12)10-5-11-6-13(18)8-15(20)16(11)14(19)7-10/h1-4,6,8,10,14,17-20H,5,7H2. The summed E-state index contributed by atoms with van der Waals surface area (Å²) in [7, 11) is 0. The number of benzene rings is 2. The van der Waals surface area contributed by atoms with Gasteiger partial charge in [-0.15, -0.1) is 0 Å². The number of phenolic OH excluding ortho intramolecular Hbond substituents is 3. The molecule has 20 heavy (non-hydrogen) atoms. The van der Waals surface area contributed by atoms with Crippen LogP contribution in [0.25, 0.3) is 0 Å². The second-order valence-corrected chi connectivity index (χ2v) is 5.28. The third-order valence-electron chi connectivity index (χ3n) is 3.90.